The molecular formula is C19H24ClN3O5S. The Labute approximate surface area is 175 Å². The SMILES string of the molecule is CCOc1cc(CCC(=O)N2CCC[C@H](c3ncc(Cl)cc3S(C)(=O)=O)C2)on1. The number of rotatable bonds is 7. The monoisotopic (exact) mass is 441 g/mol. The Bertz CT molecular complexity index is 976. The number of carbonyl (C=O) groups is 1. The third-order valence-electron chi connectivity index (χ3n) is 4.82. The van der Waals surface area contributed by atoms with Crippen LogP contribution in [0.25, 0.3) is 0 Å². The van der Waals surface area contributed by atoms with Crippen LogP contribution in [0.5, 0.6) is 5.88 Å². The van der Waals surface area contributed by atoms with Crippen molar-refractivity contribution in [1.29, 1.82) is 0 Å². The lowest BCUT2D eigenvalue weighted by Gasteiger charge is -2.33. The largest absolute Gasteiger partial charge is 0.476 e. The molecule has 0 N–H and O–H groups in total. The number of halogens is 1. The molecule has 1 atom stereocenters. The average Bonchev–Trinajstić information content (AvgIpc) is 3.13. The fraction of sp³-hybridized carbons (Fsp3) is 0.526. The summed E-state index contributed by atoms with van der Waals surface area (Å²) in [6, 6.07) is 3.12. The summed E-state index contributed by atoms with van der Waals surface area (Å²) in [7, 11) is -3.47. The Kier molecular flexibility index (Phi) is 6.79. The Morgan fingerprint density at radius 3 is 2.93 bits per heavy atom. The van der Waals surface area contributed by atoms with Crippen molar-refractivity contribution in [2.24, 2.45) is 0 Å². The molecule has 2 aromatic rings. The van der Waals surface area contributed by atoms with Gasteiger partial charge in [0.05, 0.1) is 22.2 Å². The number of piperidine rings is 1. The van der Waals surface area contributed by atoms with E-state index in [1.165, 1.54) is 12.3 Å². The first-order chi connectivity index (χ1) is 13.8. The van der Waals surface area contributed by atoms with Gasteiger partial charge in [-0.3, -0.25) is 9.78 Å². The van der Waals surface area contributed by atoms with Crippen molar-refractivity contribution in [2.75, 3.05) is 26.0 Å². The Morgan fingerprint density at radius 1 is 1.41 bits per heavy atom. The zero-order valence-electron chi connectivity index (χ0n) is 16.4. The predicted octanol–water partition coefficient (Wildman–Crippen LogP) is 2.86. The zero-order valence-corrected chi connectivity index (χ0v) is 18.0. The number of hydrogen-bond donors (Lipinski definition) is 0. The van der Waals surface area contributed by atoms with Crippen LogP contribution in [0, 0.1) is 0 Å². The van der Waals surface area contributed by atoms with Gasteiger partial charge in [0.1, 0.15) is 5.76 Å². The number of likely N-dealkylation sites (tertiary alicyclic amines) is 1. The third-order valence-corrected chi connectivity index (χ3v) is 6.16. The van der Waals surface area contributed by atoms with Crippen molar-refractivity contribution < 1.29 is 22.5 Å². The molecule has 0 saturated carbocycles. The second-order valence-corrected chi connectivity index (χ2v) is 9.47. The summed E-state index contributed by atoms with van der Waals surface area (Å²) >= 11 is 5.95. The van der Waals surface area contributed by atoms with E-state index in [0.29, 0.717) is 43.5 Å². The second-order valence-electron chi connectivity index (χ2n) is 7.05. The van der Waals surface area contributed by atoms with E-state index in [0.717, 1.165) is 19.1 Å². The molecule has 0 unspecified atom stereocenters. The number of sulfone groups is 1. The van der Waals surface area contributed by atoms with E-state index in [1.54, 1.807) is 11.0 Å². The van der Waals surface area contributed by atoms with Crippen molar-refractivity contribution >= 4 is 27.3 Å². The van der Waals surface area contributed by atoms with Gasteiger partial charge < -0.3 is 14.2 Å². The number of carbonyl (C=O) groups excluding carboxylic acids is 1. The fourth-order valence-corrected chi connectivity index (χ4v) is 4.64. The van der Waals surface area contributed by atoms with E-state index in [4.69, 9.17) is 20.9 Å². The first-order valence-electron chi connectivity index (χ1n) is 9.49. The maximum atomic E-state index is 12.7. The van der Waals surface area contributed by atoms with E-state index in [2.05, 4.69) is 10.1 Å². The number of pyridine rings is 1. The van der Waals surface area contributed by atoms with Gasteiger partial charge in [-0.1, -0.05) is 11.6 Å². The summed E-state index contributed by atoms with van der Waals surface area (Å²) in [5, 5.41) is 4.06. The smallest absolute Gasteiger partial charge is 0.254 e. The molecule has 0 aliphatic carbocycles. The highest BCUT2D eigenvalue weighted by molar-refractivity contribution is 7.90. The van der Waals surface area contributed by atoms with Crippen LogP contribution in [0.1, 0.15) is 43.6 Å². The van der Waals surface area contributed by atoms with Gasteiger partial charge in [-0.25, -0.2) is 8.42 Å². The molecule has 0 radical (unpaired) electrons. The van der Waals surface area contributed by atoms with Crippen molar-refractivity contribution in [1.82, 2.24) is 15.0 Å². The number of aryl methyl sites for hydroxylation is 1. The highest BCUT2D eigenvalue weighted by Crippen LogP contribution is 2.31. The molecule has 158 valence electrons. The van der Waals surface area contributed by atoms with Crippen LogP contribution in [-0.4, -0.2) is 55.3 Å². The lowest BCUT2D eigenvalue weighted by atomic mass is 9.94. The summed E-state index contributed by atoms with van der Waals surface area (Å²) in [4.78, 5) is 18.9. The molecule has 8 nitrogen and oxygen atoms in total. The van der Waals surface area contributed by atoms with Gasteiger partial charge in [0, 0.05) is 50.4 Å². The molecule has 3 heterocycles. The second kappa shape index (κ2) is 9.13. The summed E-state index contributed by atoms with van der Waals surface area (Å²) in [5.74, 6) is 0.840. The Morgan fingerprint density at radius 2 is 2.21 bits per heavy atom. The van der Waals surface area contributed by atoms with Gasteiger partial charge in [0.2, 0.25) is 5.91 Å². The van der Waals surface area contributed by atoms with Crippen LogP contribution < -0.4 is 4.74 Å². The molecule has 1 saturated heterocycles. The zero-order chi connectivity index (χ0) is 21.0. The molecule has 2 aromatic heterocycles. The number of aromatic nitrogens is 2. The van der Waals surface area contributed by atoms with Crippen molar-refractivity contribution in [2.45, 2.75) is 43.4 Å². The topological polar surface area (TPSA) is 103 Å². The van der Waals surface area contributed by atoms with E-state index in [-0.39, 0.29) is 28.2 Å². The molecule has 0 aromatic carbocycles. The van der Waals surface area contributed by atoms with Crippen molar-refractivity contribution in [3.63, 3.8) is 0 Å². The third kappa shape index (κ3) is 5.48. The highest BCUT2D eigenvalue weighted by atomic mass is 35.5. The van der Waals surface area contributed by atoms with E-state index in [9.17, 15) is 13.2 Å². The van der Waals surface area contributed by atoms with Crippen molar-refractivity contribution in [3.8, 4) is 5.88 Å². The van der Waals surface area contributed by atoms with Crippen LogP contribution in [0.3, 0.4) is 0 Å². The molecule has 10 heteroatoms. The quantitative estimate of drug-likeness (QED) is 0.650. The Hall–Kier alpha value is -2.13. The number of nitrogens with zero attached hydrogens (tertiary/aromatic N) is 3. The van der Waals surface area contributed by atoms with Gasteiger partial charge >= 0.3 is 0 Å². The Balaban J connectivity index is 1.67. The first-order valence-corrected chi connectivity index (χ1v) is 11.8. The van der Waals surface area contributed by atoms with E-state index in [1.807, 2.05) is 6.92 Å². The molecule has 3 rings (SSSR count). The molecule has 1 aliphatic rings. The average molecular weight is 442 g/mol. The molecular weight excluding hydrogens is 418 g/mol. The van der Waals surface area contributed by atoms with E-state index < -0.39 is 9.84 Å². The molecule has 0 bridgehead atoms. The number of ether oxygens (including phenoxy) is 1. The van der Waals surface area contributed by atoms with Gasteiger partial charge in [0.25, 0.3) is 5.88 Å². The van der Waals surface area contributed by atoms with E-state index >= 15 is 0 Å². The standard InChI is InChI=1S/C19H24ClN3O5S/c1-3-27-17-10-15(28-22-17)6-7-18(24)23-8-4-5-13(12-23)19-16(29(2,25)26)9-14(20)11-21-19/h9-11,13H,3-8,12H2,1-2H3/t13-/m0/s1. The van der Waals surface area contributed by atoms with Crippen molar-refractivity contribution in [3.05, 3.63) is 34.8 Å². The number of hydrogen-bond acceptors (Lipinski definition) is 7. The summed E-state index contributed by atoms with van der Waals surface area (Å²) in [5.41, 5.74) is 0.478. The maximum Gasteiger partial charge on any atom is 0.254 e. The first kappa shape index (κ1) is 21.6. The summed E-state index contributed by atoms with van der Waals surface area (Å²) < 4.78 is 34.8. The normalized spacial score (nSPS) is 17.3. The van der Waals surface area contributed by atoms with Gasteiger partial charge in [-0.2, -0.15) is 0 Å². The summed E-state index contributed by atoms with van der Waals surface area (Å²) in [6.45, 7) is 3.41. The van der Waals surface area contributed by atoms with Gasteiger partial charge in [0.15, 0.2) is 9.84 Å². The molecule has 1 fully saturated rings. The van der Waals surface area contributed by atoms with Gasteiger partial charge in [-0.15, -0.1) is 0 Å². The fourth-order valence-electron chi connectivity index (χ4n) is 3.48. The lowest BCUT2D eigenvalue weighted by molar-refractivity contribution is -0.132. The molecule has 29 heavy (non-hydrogen) atoms. The van der Waals surface area contributed by atoms with Crippen LogP contribution >= 0.6 is 11.6 Å². The minimum Gasteiger partial charge on any atom is -0.476 e. The van der Waals surface area contributed by atoms with Crippen LogP contribution in [-0.2, 0) is 21.1 Å². The predicted molar refractivity (Wildman–Crippen MR) is 107 cm³/mol. The minimum absolute atomic E-state index is 0.0149. The minimum atomic E-state index is -3.47. The van der Waals surface area contributed by atoms with Crippen LogP contribution in [0.4, 0.5) is 0 Å². The molecule has 1 aliphatic heterocycles. The lowest BCUT2D eigenvalue weighted by Crippen LogP contribution is -2.39. The maximum absolute atomic E-state index is 12.7. The summed E-state index contributed by atoms with van der Waals surface area (Å²) in [6.07, 6.45) is 4.84. The van der Waals surface area contributed by atoms with Crippen LogP contribution in [0.2, 0.25) is 5.02 Å². The molecule has 0 spiro atoms. The van der Waals surface area contributed by atoms with Crippen LogP contribution in [0.15, 0.2) is 27.7 Å². The number of amides is 1. The van der Waals surface area contributed by atoms with Gasteiger partial charge in [-0.05, 0) is 31.0 Å². The highest BCUT2D eigenvalue weighted by Gasteiger charge is 2.29. The molecule has 1 amide bonds.